The van der Waals surface area contributed by atoms with Crippen molar-refractivity contribution >= 4 is 17.6 Å². The highest BCUT2D eigenvalue weighted by atomic mass is 16.5. The number of hydrogen-bond donors (Lipinski definition) is 0. The van der Waals surface area contributed by atoms with Gasteiger partial charge >= 0.3 is 5.97 Å². The molecule has 1 saturated heterocycles. The van der Waals surface area contributed by atoms with Gasteiger partial charge in [0.15, 0.2) is 0 Å². The highest BCUT2D eigenvalue weighted by Gasteiger charge is 2.36. The van der Waals surface area contributed by atoms with Crippen LogP contribution in [0.1, 0.15) is 17.5 Å². The van der Waals surface area contributed by atoms with Crippen molar-refractivity contribution in [3.8, 4) is 16.9 Å². The van der Waals surface area contributed by atoms with Crippen LogP contribution in [0.15, 0.2) is 72.8 Å². The van der Waals surface area contributed by atoms with Crippen LogP contribution in [0.3, 0.4) is 0 Å². The molecule has 1 fully saturated rings. The molecule has 0 bridgehead atoms. The van der Waals surface area contributed by atoms with Crippen LogP contribution in [0.25, 0.3) is 11.1 Å². The molecule has 0 saturated carbocycles. The topological polar surface area (TPSA) is 46.6 Å². The first-order valence-electron chi connectivity index (χ1n) is 9.76. The number of amides is 1. The van der Waals surface area contributed by atoms with Gasteiger partial charge in [0.2, 0.25) is 5.91 Å². The Morgan fingerprint density at radius 1 is 0.931 bits per heavy atom. The molecule has 4 nitrogen and oxygen atoms in total. The minimum Gasteiger partial charge on any atom is -0.426 e. The largest absolute Gasteiger partial charge is 0.426 e. The van der Waals surface area contributed by atoms with Crippen molar-refractivity contribution in [3.05, 3.63) is 83.9 Å². The molecule has 0 aromatic heterocycles. The molecular weight excluding hydrogens is 362 g/mol. The van der Waals surface area contributed by atoms with Gasteiger partial charge in [0.05, 0.1) is 5.92 Å². The number of aryl methyl sites for hydroxylation is 2. The van der Waals surface area contributed by atoms with Crippen LogP contribution in [-0.2, 0) is 9.59 Å². The second-order valence-electron chi connectivity index (χ2n) is 7.53. The van der Waals surface area contributed by atoms with E-state index in [0.717, 1.165) is 27.9 Å². The molecule has 0 spiro atoms. The smallest absolute Gasteiger partial charge is 0.316 e. The van der Waals surface area contributed by atoms with Crippen LogP contribution in [0.2, 0.25) is 0 Å². The van der Waals surface area contributed by atoms with E-state index < -0.39 is 5.92 Å². The van der Waals surface area contributed by atoms with E-state index in [0.29, 0.717) is 12.3 Å². The number of ether oxygens (including phenoxy) is 1. The van der Waals surface area contributed by atoms with Crippen LogP contribution >= 0.6 is 0 Å². The number of benzene rings is 3. The molecule has 29 heavy (non-hydrogen) atoms. The summed E-state index contributed by atoms with van der Waals surface area (Å²) in [6.45, 7) is 4.35. The average molecular weight is 385 g/mol. The molecule has 3 aromatic carbocycles. The maximum atomic E-state index is 12.9. The molecule has 1 amide bonds. The fraction of sp³-hybridized carbons (Fsp3) is 0.200. The van der Waals surface area contributed by atoms with Crippen molar-refractivity contribution in [2.45, 2.75) is 20.3 Å². The van der Waals surface area contributed by atoms with E-state index in [1.54, 1.807) is 11.0 Å². The van der Waals surface area contributed by atoms with E-state index in [2.05, 4.69) is 6.07 Å². The molecule has 1 aliphatic rings. The second kappa shape index (κ2) is 7.92. The lowest BCUT2D eigenvalue weighted by molar-refractivity contribution is -0.139. The third kappa shape index (κ3) is 4.06. The van der Waals surface area contributed by atoms with E-state index in [4.69, 9.17) is 4.74 Å². The Kier molecular flexibility index (Phi) is 5.17. The predicted octanol–water partition coefficient (Wildman–Crippen LogP) is 4.93. The number of hydrogen-bond acceptors (Lipinski definition) is 3. The minimum absolute atomic E-state index is 0.0479. The van der Waals surface area contributed by atoms with Crippen LogP contribution < -0.4 is 9.64 Å². The summed E-state index contributed by atoms with van der Waals surface area (Å²) in [4.78, 5) is 27.1. The highest BCUT2D eigenvalue weighted by Crippen LogP contribution is 2.32. The zero-order chi connectivity index (χ0) is 20.4. The highest BCUT2D eigenvalue weighted by molar-refractivity contribution is 6.00. The number of rotatable bonds is 4. The fourth-order valence-electron chi connectivity index (χ4n) is 3.83. The average Bonchev–Trinajstić information content (AvgIpc) is 3.10. The Hall–Kier alpha value is -3.40. The van der Waals surface area contributed by atoms with Gasteiger partial charge in [-0.1, -0.05) is 54.6 Å². The molecule has 4 rings (SSSR count). The van der Waals surface area contributed by atoms with Crippen molar-refractivity contribution in [1.82, 2.24) is 0 Å². The Bertz CT molecular complexity index is 1040. The summed E-state index contributed by atoms with van der Waals surface area (Å²) >= 11 is 0. The molecule has 4 heteroatoms. The lowest BCUT2D eigenvalue weighted by atomic mass is 10.0. The molecule has 0 aliphatic carbocycles. The summed E-state index contributed by atoms with van der Waals surface area (Å²) in [5.74, 6) is -0.380. The van der Waals surface area contributed by atoms with E-state index in [1.807, 2.05) is 74.5 Å². The number of carbonyl (C=O) groups excluding carboxylic acids is 2. The van der Waals surface area contributed by atoms with Gasteiger partial charge in [-0.15, -0.1) is 0 Å². The summed E-state index contributed by atoms with van der Waals surface area (Å²) < 4.78 is 5.75. The zero-order valence-corrected chi connectivity index (χ0v) is 16.6. The van der Waals surface area contributed by atoms with E-state index in [9.17, 15) is 9.59 Å². The molecule has 1 aliphatic heterocycles. The normalized spacial score (nSPS) is 16.1. The van der Waals surface area contributed by atoms with Crippen LogP contribution in [-0.4, -0.2) is 18.4 Å². The molecule has 0 radical (unpaired) electrons. The van der Waals surface area contributed by atoms with Crippen molar-refractivity contribution in [2.75, 3.05) is 11.4 Å². The van der Waals surface area contributed by atoms with Gasteiger partial charge in [0, 0.05) is 24.2 Å². The first-order valence-corrected chi connectivity index (χ1v) is 9.76. The minimum atomic E-state index is -0.479. The van der Waals surface area contributed by atoms with Gasteiger partial charge in [-0.3, -0.25) is 9.59 Å². The van der Waals surface area contributed by atoms with Gasteiger partial charge in [-0.05, 0) is 48.7 Å². The first kappa shape index (κ1) is 18.9. The number of anilines is 1. The summed E-state index contributed by atoms with van der Waals surface area (Å²) in [5, 5.41) is 0. The summed E-state index contributed by atoms with van der Waals surface area (Å²) in [7, 11) is 0. The molecular formula is C25H23NO3. The Morgan fingerprint density at radius 2 is 1.59 bits per heavy atom. The van der Waals surface area contributed by atoms with Crippen molar-refractivity contribution in [2.24, 2.45) is 5.92 Å². The van der Waals surface area contributed by atoms with E-state index >= 15 is 0 Å². The van der Waals surface area contributed by atoms with Gasteiger partial charge < -0.3 is 9.64 Å². The Morgan fingerprint density at radius 3 is 2.31 bits per heavy atom. The summed E-state index contributed by atoms with van der Waals surface area (Å²) in [6, 6.07) is 23.3. The summed E-state index contributed by atoms with van der Waals surface area (Å²) in [6.07, 6.45) is 0.166. The van der Waals surface area contributed by atoms with Crippen LogP contribution in [0.4, 0.5) is 5.69 Å². The maximum Gasteiger partial charge on any atom is 0.316 e. The van der Waals surface area contributed by atoms with Crippen molar-refractivity contribution in [1.29, 1.82) is 0 Å². The van der Waals surface area contributed by atoms with Gasteiger partial charge in [-0.25, -0.2) is 0 Å². The lowest BCUT2D eigenvalue weighted by Crippen LogP contribution is -2.27. The van der Waals surface area contributed by atoms with E-state index in [-0.39, 0.29) is 18.3 Å². The van der Waals surface area contributed by atoms with Crippen molar-refractivity contribution in [3.63, 3.8) is 0 Å². The third-order valence-corrected chi connectivity index (χ3v) is 5.16. The first-order chi connectivity index (χ1) is 14.0. The van der Waals surface area contributed by atoms with Gasteiger partial charge in [0.1, 0.15) is 5.75 Å². The van der Waals surface area contributed by atoms with Gasteiger partial charge in [-0.2, -0.15) is 0 Å². The number of carbonyl (C=O) groups is 2. The quantitative estimate of drug-likeness (QED) is 0.473. The second-order valence-corrected chi connectivity index (χ2v) is 7.53. The number of nitrogens with zero attached hydrogens (tertiary/aromatic N) is 1. The summed E-state index contributed by atoms with van der Waals surface area (Å²) in [5.41, 5.74) is 4.87. The predicted molar refractivity (Wildman–Crippen MR) is 114 cm³/mol. The monoisotopic (exact) mass is 385 g/mol. The maximum absolute atomic E-state index is 12.9. The standard InChI is InChI=1S/C25H23NO3/c1-17-12-18(2)14-21(13-17)26-16-20(15-24(26)27)25(28)29-23-11-7-6-10-22(23)19-8-4-3-5-9-19/h3-14,20H,15-16H2,1-2H3/t20-/m0/s1. The molecule has 0 unspecified atom stereocenters. The zero-order valence-electron chi connectivity index (χ0n) is 16.6. The lowest BCUT2D eigenvalue weighted by Gasteiger charge is -2.18. The third-order valence-electron chi connectivity index (χ3n) is 5.16. The Labute approximate surface area is 170 Å². The van der Waals surface area contributed by atoms with Gasteiger partial charge in [0.25, 0.3) is 0 Å². The molecule has 1 atom stereocenters. The molecule has 146 valence electrons. The van der Waals surface area contributed by atoms with Crippen LogP contribution in [0, 0.1) is 19.8 Å². The van der Waals surface area contributed by atoms with Crippen LogP contribution in [0.5, 0.6) is 5.75 Å². The molecule has 1 heterocycles. The van der Waals surface area contributed by atoms with Crippen molar-refractivity contribution < 1.29 is 14.3 Å². The number of para-hydroxylation sites is 1. The molecule has 3 aromatic rings. The van der Waals surface area contributed by atoms with E-state index in [1.165, 1.54) is 0 Å². The number of esters is 1. The SMILES string of the molecule is Cc1cc(C)cc(N2C[C@@H](C(=O)Oc3ccccc3-c3ccccc3)CC2=O)c1. The Balaban J connectivity index is 1.53. The fourth-order valence-corrected chi connectivity index (χ4v) is 3.83. The molecule has 0 N–H and O–H groups in total.